The lowest BCUT2D eigenvalue weighted by atomic mass is 9.99. The number of aliphatic hydroxyl groups excluding tert-OH is 1. The number of hydrogen-bond donors (Lipinski definition) is 2. The number of aliphatic carboxylic acids is 1. The zero-order valence-electron chi connectivity index (χ0n) is 16.7. The van der Waals surface area contributed by atoms with E-state index in [9.17, 15) is 14.7 Å². The van der Waals surface area contributed by atoms with Gasteiger partial charge in [0, 0.05) is 12.8 Å². The molecule has 0 saturated carbocycles. The lowest BCUT2D eigenvalue weighted by molar-refractivity contribution is -0.137. The minimum atomic E-state index is -0.761. The summed E-state index contributed by atoms with van der Waals surface area (Å²) in [5.41, 5.74) is 2.28. The number of carboxylic acid groups (broad SMARTS) is 1. The zero-order valence-corrected chi connectivity index (χ0v) is 16.7. The van der Waals surface area contributed by atoms with E-state index >= 15 is 0 Å². The molecule has 1 atom stereocenters. The summed E-state index contributed by atoms with van der Waals surface area (Å²) in [5, 5.41) is 18.7. The molecule has 0 aliphatic rings. The summed E-state index contributed by atoms with van der Waals surface area (Å²) in [5.74, 6) is -0.597. The first-order chi connectivity index (χ1) is 12.4. The number of unbranched alkanes of at least 4 members (excludes halogenated alkanes) is 3. The average molecular weight is 365 g/mol. The number of carbonyl (C=O) groups is 2. The minimum Gasteiger partial charge on any atom is -0.481 e. The Balaban J connectivity index is 4.69. The van der Waals surface area contributed by atoms with Gasteiger partial charge in [-0.2, -0.15) is 0 Å². The Morgan fingerprint density at radius 1 is 1.00 bits per heavy atom. The first-order valence-electron chi connectivity index (χ1n) is 9.77. The molecule has 0 aliphatic heterocycles. The fourth-order valence-electron chi connectivity index (χ4n) is 2.56. The van der Waals surface area contributed by atoms with Crippen molar-refractivity contribution in [3.63, 3.8) is 0 Å². The first-order valence-corrected chi connectivity index (χ1v) is 9.77. The third-order valence-electron chi connectivity index (χ3n) is 4.27. The van der Waals surface area contributed by atoms with Crippen molar-refractivity contribution >= 4 is 11.8 Å². The molecular formula is C22H36O4. The smallest absolute Gasteiger partial charge is 0.303 e. The predicted octanol–water partition coefficient (Wildman–Crippen LogP) is 5.37. The van der Waals surface area contributed by atoms with Crippen LogP contribution in [0.15, 0.2) is 35.5 Å². The van der Waals surface area contributed by atoms with Crippen LogP contribution < -0.4 is 0 Å². The van der Waals surface area contributed by atoms with Gasteiger partial charge < -0.3 is 15.0 Å². The molecule has 0 bridgehead atoms. The number of carbonyl (C=O) groups excluding carboxylic acids is 1. The van der Waals surface area contributed by atoms with Crippen LogP contribution in [0.25, 0.3) is 0 Å². The second-order valence-corrected chi connectivity index (χ2v) is 6.89. The molecule has 0 aromatic rings. The largest absolute Gasteiger partial charge is 0.481 e. The Hall–Kier alpha value is -1.68. The monoisotopic (exact) mass is 364 g/mol. The van der Waals surface area contributed by atoms with Gasteiger partial charge in [-0.05, 0) is 51.5 Å². The SMILES string of the molecule is CCCCC[C@H](O)/C=C/C(CCC(C)=O)=C(/C)C/C=C\CCCC(=O)O. The molecule has 26 heavy (non-hydrogen) atoms. The van der Waals surface area contributed by atoms with Crippen LogP contribution in [0.2, 0.25) is 0 Å². The molecule has 0 heterocycles. The molecular weight excluding hydrogens is 328 g/mol. The molecule has 0 radical (unpaired) electrons. The molecule has 0 unspecified atom stereocenters. The maximum absolute atomic E-state index is 11.3. The van der Waals surface area contributed by atoms with Crippen LogP contribution in [0.4, 0.5) is 0 Å². The van der Waals surface area contributed by atoms with E-state index in [0.29, 0.717) is 19.3 Å². The Labute approximate surface area is 158 Å². The normalized spacial score (nSPS) is 14.0. The number of allylic oxidation sites excluding steroid dienone is 5. The number of Topliss-reactive ketones (excluding diaryl/α,β-unsaturated/α-hetero) is 1. The summed E-state index contributed by atoms with van der Waals surface area (Å²) in [6, 6.07) is 0. The molecule has 4 nitrogen and oxygen atoms in total. The highest BCUT2D eigenvalue weighted by molar-refractivity contribution is 5.75. The second kappa shape index (κ2) is 15.6. The average Bonchev–Trinajstić information content (AvgIpc) is 2.57. The summed E-state index contributed by atoms with van der Waals surface area (Å²) in [4.78, 5) is 21.8. The zero-order chi connectivity index (χ0) is 19.8. The van der Waals surface area contributed by atoms with E-state index in [2.05, 4.69) is 13.0 Å². The van der Waals surface area contributed by atoms with Crippen molar-refractivity contribution in [3.8, 4) is 0 Å². The van der Waals surface area contributed by atoms with Crippen molar-refractivity contribution in [3.05, 3.63) is 35.5 Å². The van der Waals surface area contributed by atoms with E-state index in [1.165, 1.54) is 5.57 Å². The van der Waals surface area contributed by atoms with Crippen molar-refractivity contribution in [2.75, 3.05) is 0 Å². The molecule has 0 aromatic heterocycles. The maximum Gasteiger partial charge on any atom is 0.303 e. The van der Waals surface area contributed by atoms with Gasteiger partial charge in [-0.25, -0.2) is 0 Å². The van der Waals surface area contributed by atoms with Gasteiger partial charge in [0.1, 0.15) is 5.78 Å². The number of rotatable bonds is 15. The van der Waals surface area contributed by atoms with E-state index in [4.69, 9.17) is 5.11 Å². The van der Waals surface area contributed by atoms with E-state index < -0.39 is 12.1 Å². The van der Waals surface area contributed by atoms with Gasteiger partial charge in [-0.1, -0.05) is 56.1 Å². The van der Waals surface area contributed by atoms with E-state index in [-0.39, 0.29) is 12.2 Å². The lowest BCUT2D eigenvalue weighted by Crippen LogP contribution is -2.02. The van der Waals surface area contributed by atoms with Crippen LogP contribution in [-0.4, -0.2) is 28.1 Å². The third kappa shape index (κ3) is 14.6. The predicted molar refractivity (Wildman–Crippen MR) is 107 cm³/mol. The van der Waals surface area contributed by atoms with Crippen molar-refractivity contribution in [2.45, 2.75) is 91.1 Å². The van der Waals surface area contributed by atoms with Gasteiger partial charge >= 0.3 is 5.97 Å². The summed E-state index contributed by atoms with van der Waals surface area (Å²) in [7, 11) is 0. The molecule has 0 rings (SSSR count). The molecule has 4 heteroatoms. The van der Waals surface area contributed by atoms with Gasteiger partial charge in [-0.15, -0.1) is 0 Å². The van der Waals surface area contributed by atoms with Crippen LogP contribution >= 0.6 is 0 Å². The molecule has 2 N–H and O–H groups in total. The number of hydrogen-bond acceptors (Lipinski definition) is 3. The van der Waals surface area contributed by atoms with Crippen molar-refractivity contribution in [1.29, 1.82) is 0 Å². The Morgan fingerprint density at radius 3 is 2.35 bits per heavy atom. The maximum atomic E-state index is 11.3. The van der Waals surface area contributed by atoms with E-state index in [1.54, 1.807) is 6.92 Å². The quantitative estimate of drug-likeness (QED) is 0.233. The Morgan fingerprint density at radius 2 is 1.73 bits per heavy atom. The molecule has 0 aliphatic carbocycles. The van der Waals surface area contributed by atoms with Gasteiger partial charge in [-0.3, -0.25) is 4.79 Å². The minimum absolute atomic E-state index is 0.163. The Kier molecular flexibility index (Phi) is 14.6. The van der Waals surface area contributed by atoms with E-state index in [1.807, 2.05) is 25.2 Å². The fourth-order valence-corrected chi connectivity index (χ4v) is 2.56. The highest BCUT2D eigenvalue weighted by Crippen LogP contribution is 2.18. The fraction of sp³-hybridized carbons (Fsp3) is 0.636. The summed E-state index contributed by atoms with van der Waals surface area (Å²) < 4.78 is 0. The summed E-state index contributed by atoms with van der Waals surface area (Å²) in [6.07, 6.45) is 15.1. The van der Waals surface area contributed by atoms with Crippen molar-refractivity contribution in [2.24, 2.45) is 0 Å². The van der Waals surface area contributed by atoms with Crippen LogP contribution in [0.1, 0.15) is 85.0 Å². The highest BCUT2D eigenvalue weighted by Gasteiger charge is 2.04. The van der Waals surface area contributed by atoms with Crippen LogP contribution in [0.3, 0.4) is 0 Å². The number of aliphatic hydroxyl groups is 1. The summed E-state index contributed by atoms with van der Waals surface area (Å²) >= 11 is 0. The number of carboxylic acids is 1. The molecule has 0 amide bonds. The Bertz CT molecular complexity index is 500. The van der Waals surface area contributed by atoms with Crippen LogP contribution in [0.5, 0.6) is 0 Å². The molecule has 148 valence electrons. The third-order valence-corrected chi connectivity index (χ3v) is 4.27. The van der Waals surface area contributed by atoms with Gasteiger partial charge in [0.25, 0.3) is 0 Å². The number of ketones is 1. The molecule has 0 spiro atoms. The van der Waals surface area contributed by atoms with Crippen LogP contribution in [0, 0.1) is 0 Å². The first kappa shape index (κ1) is 24.3. The topological polar surface area (TPSA) is 74.6 Å². The summed E-state index contributed by atoms with van der Waals surface area (Å²) in [6.45, 7) is 5.78. The molecule has 0 saturated heterocycles. The van der Waals surface area contributed by atoms with Crippen LogP contribution in [-0.2, 0) is 9.59 Å². The standard InChI is InChI=1S/C22H36O4/c1-4-5-8-12-21(24)17-16-20(15-14-19(3)23)18(2)11-9-6-7-10-13-22(25)26/h6,9,16-17,21,24H,4-5,7-8,10-15H2,1-3H3,(H,25,26)/b9-6-,17-16+,20-18-/t21-/m0/s1. The van der Waals surface area contributed by atoms with Gasteiger partial charge in [0.15, 0.2) is 0 Å². The van der Waals surface area contributed by atoms with E-state index in [0.717, 1.165) is 44.1 Å². The second-order valence-electron chi connectivity index (χ2n) is 6.89. The van der Waals surface area contributed by atoms with Crippen molar-refractivity contribution < 1.29 is 19.8 Å². The highest BCUT2D eigenvalue weighted by atomic mass is 16.4. The van der Waals surface area contributed by atoms with Crippen molar-refractivity contribution in [1.82, 2.24) is 0 Å². The van der Waals surface area contributed by atoms with Gasteiger partial charge in [0.2, 0.25) is 0 Å². The van der Waals surface area contributed by atoms with Gasteiger partial charge in [0.05, 0.1) is 6.10 Å². The lowest BCUT2D eigenvalue weighted by Gasteiger charge is -2.09. The molecule has 0 aromatic carbocycles. The molecule has 0 fully saturated rings.